The van der Waals surface area contributed by atoms with Crippen molar-refractivity contribution in [1.29, 1.82) is 5.41 Å². The Labute approximate surface area is 121 Å². The summed E-state index contributed by atoms with van der Waals surface area (Å²) < 4.78 is 1.75. The summed E-state index contributed by atoms with van der Waals surface area (Å²) in [4.78, 5) is 11.4. The highest BCUT2D eigenvalue weighted by atomic mass is 35.5. The third-order valence-electron chi connectivity index (χ3n) is 3.75. The van der Waals surface area contributed by atoms with E-state index in [0.29, 0.717) is 5.02 Å². The Hall–Kier alpha value is -2.07. The Bertz CT molecular complexity index is 726. The molecule has 0 atom stereocenters. The van der Waals surface area contributed by atoms with Crippen LogP contribution in [0, 0.1) is 5.41 Å². The maximum Gasteiger partial charge on any atom is 0.252 e. The first kappa shape index (κ1) is 12.9. The van der Waals surface area contributed by atoms with E-state index in [1.165, 1.54) is 17.2 Å². The van der Waals surface area contributed by atoms with E-state index in [4.69, 9.17) is 22.7 Å². The number of amides is 1. The average Bonchev–Trinajstić information content (AvgIpc) is 2.84. The van der Waals surface area contributed by atoms with Crippen molar-refractivity contribution in [2.45, 2.75) is 18.9 Å². The molecule has 3 rings (SSSR count). The van der Waals surface area contributed by atoms with Gasteiger partial charge in [-0.1, -0.05) is 35.9 Å². The van der Waals surface area contributed by atoms with Crippen LogP contribution >= 0.6 is 11.6 Å². The molecule has 5 heteroatoms. The van der Waals surface area contributed by atoms with Gasteiger partial charge in [-0.15, -0.1) is 0 Å². The van der Waals surface area contributed by atoms with Gasteiger partial charge < -0.3 is 10.3 Å². The summed E-state index contributed by atoms with van der Waals surface area (Å²) in [7, 11) is 0. The summed E-state index contributed by atoms with van der Waals surface area (Å²) in [6, 6.07) is 9.78. The predicted molar refractivity (Wildman–Crippen MR) is 76.7 cm³/mol. The number of rotatable bonds is 2. The maximum atomic E-state index is 11.4. The molecule has 4 nitrogen and oxygen atoms in total. The first-order valence-electron chi connectivity index (χ1n) is 6.39. The zero-order chi connectivity index (χ0) is 14.3. The summed E-state index contributed by atoms with van der Waals surface area (Å²) in [6.45, 7) is 0. The van der Waals surface area contributed by atoms with E-state index in [-0.39, 0.29) is 17.1 Å². The second kappa shape index (κ2) is 4.80. The molecule has 0 unspecified atom stereocenters. The summed E-state index contributed by atoms with van der Waals surface area (Å²) in [5, 5.41) is 8.57. The van der Waals surface area contributed by atoms with E-state index >= 15 is 0 Å². The first-order chi connectivity index (χ1) is 9.56. The van der Waals surface area contributed by atoms with Gasteiger partial charge in [0, 0.05) is 12.2 Å². The van der Waals surface area contributed by atoms with Gasteiger partial charge in [-0.25, -0.2) is 0 Å². The zero-order valence-electron chi connectivity index (χ0n) is 10.8. The predicted octanol–water partition coefficient (Wildman–Crippen LogP) is 2.06. The van der Waals surface area contributed by atoms with Crippen LogP contribution in [0.3, 0.4) is 0 Å². The molecule has 0 fully saturated rings. The number of carbonyl (C=O) groups excluding carboxylic acids is 1. The molecule has 1 amide bonds. The minimum Gasteiger partial charge on any atom is -0.365 e. The van der Waals surface area contributed by atoms with Crippen LogP contribution in [0.15, 0.2) is 36.5 Å². The molecule has 1 aromatic heterocycles. The van der Waals surface area contributed by atoms with Gasteiger partial charge in [0.15, 0.2) is 0 Å². The van der Waals surface area contributed by atoms with Crippen molar-refractivity contribution in [2.75, 3.05) is 0 Å². The highest BCUT2D eigenvalue weighted by molar-refractivity contribution is 6.30. The van der Waals surface area contributed by atoms with Crippen LogP contribution in [0.1, 0.15) is 27.5 Å². The van der Waals surface area contributed by atoms with Crippen molar-refractivity contribution in [1.82, 2.24) is 4.57 Å². The molecule has 0 saturated heterocycles. The Balaban J connectivity index is 2.05. The first-order valence-corrected chi connectivity index (χ1v) is 6.77. The summed E-state index contributed by atoms with van der Waals surface area (Å²) in [5.41, 5.74) is 8.15. The highest BCUT2D eigenvalue weighted by Crippen LogP contribution is 2.29. The number of aromatic nitrogens is 1. The number of nitrogens with one attached hydrogen (secondary N) is 1. The van der Waals surface area contributed by atoms with E-state index < -0.39 is 5.91 Å². The minimum atomic E-state index is -0.623. The van der Waals surface area contributed by atoms with Gasteiger partial charge in [0.2, 0.25) is 0 Å². The molecule has 2 aromatic rings. The van der Waals surface area contributed by atoms with Gasteiger partial charge in [0.25, 0.3) is 5.91 Å². The molecule has 1 aliphatic carbocycles. The summed E-state index contributed by atoms with van der Waals surface area (Å²) in [5.74, 6) is -0.623. The fourth-order valence-corrected chi connectivity index (χ4v) is 3.00. The lowest BCUT2D eigenvalue weighted by atomic mass is 10.1. The molecular weight excluding hydrogens is 274 g/mol. The van der Waals surface area contributed by atoms with Crippen molar-refractivity contribution >= 4 is 17.5 Å². The Morgan fingerprint density at radius 2 is 1.90 bits per heavy atom. The van der Waals surface area contributed by atoms with Crippen molar-refractivity contribution in [3.8, 4) is 0 Å². The van der Waals surface area contributed by atoms with Crippen molar-refractivity contribution in [3.63, 3.8) is 0 Å². The van der Waals surface area contributed by atoms with Crippen LogP contribution in [-0.4, -0.2) is 10.5 Å². The fraction of sp³-hybridized carbons (Fsp3) is 0.200. The highest BCUT2D eigenvalue weighted by Gasteiger charge is 2.23. The Morgan fingerprint density at radius 3 is 2.45 bits per heavy atom. The molecular formula is C15H14ClN3O. The monoisotopic (exact) mass is 287 g/mol. The van der Waals surface area contributed by atoms with E-state index in [9.17, 15) is 4.79 Å². The van der Waals surface area contributed by atoms with E-state index in [0.717, 1.165) is 12.8 Å². The molecule has 20 heavy (non-hydrogen) atoms. The van der Waals surface area contributed by atoms with Crippen LogP contribution in [0.4, 0.5) is 0 Å². The van der Waals surface area contributed by atoms with E-state index in [1.54, 1.807) is 10.8 Å². The van der Waals surface area contributed by atoms with Crippen LogP contribution < -0.4 is 11.2 Å². The average molecular weight is 288 g/mol. The molecule has 0 bridgehead atoms. The number of hydrogen-bond acceptors (Lipinski definition) is 2. The number of halogens is 1. The number of carbonyl (C=O) groups is 1. The molecule has 1 aromatic carbocycles. The van der Waals surface area contributed by atoms with E-state index in [2.05, 4.69) is 12.1 Å². The number of primary amides is 1. The van der Waals surface area contributed by atoms with Crippen LogP contribution in [-0.2, 0) is 12.8 Å². The SMILES string of the molecule is N=c1c(C(N)=O)cc(Cl)cn1C1Cc2ccccc2C1. The third kappa shape index (κ3) is 2.12. The molecule has 1 aliphatic rings. The molecule has 0 radical (unpaired) electrons. The number of nitrogens with two attached hydrogens (primary N) is 1. The molecule has 0 aliphatic heterocycles. The number of hydrogen-bond donors (Lipinski definition) is 2. The smallest absolute Gasteiger partial charge is 0.252 e. The zero-order valence-corrected chi connectivity index (χ0v) is 11.5. The standard InChI is InChI=1S/C15H14ClN3O/c16-11-7-13(15(18)20)14(17)19(8-11)12-5-9-3-1-2-4-10(9)6-12/h1-4,7-8,12,17H,5-6H2,(H2,18,20). The lowest BCUT2D eigenvalue weighted by Crippen LogP contribution is -2.32. The van der Waals surface area contributed by atoms with E-state index in [1.807, 2.05) is 12.1 Å². The fourth-order valence-electron chi connectivity index (χ4n) is 2.79. The van der Waals surface area contributed by atoms with Crippen LogP contribution in [0.25, 0.3) is 0 Å². The Kier molecular flexibility index (Phi) is 3.10. The number of nitrogens with zero attached hydrogens (tertiary/aromatic N) is 1. The lowest BCUT2D eigenvalue weighted by molar-refractivity contribution is 0.0997. The second-order valence-electron chi connectivity index (χ2n) is 5.02. The quantitative estimate of drug-likeness (QED) is 0.872. The van der Waals surface area contributed by atoms with Crippen molar-refractivity contribution in [3.05, 3.63) is 63.7 Å². The largest absolute Gasteiger partial charge is 0.365 e. The summed E-state index contributed by atoms with van der Waals surface area (Å²) in [6.07, 6.45) is 3.38. The van der Waals surface area contributed by atoms with Gasteiger partial charge in [-0.2, -0.15) is 0 Å². The second-order valence-corrected chi connectivity index (χ2v) is 5.46. The summed E-state index contributed by atoms with van der Waals surface area (Å²) >= 11 is 6.04. The van der Waals surface area contributed by atoms with Crippen LogP contribution in [0.5, 0.6) is 0 Å². The molecule has 0 spiro atoms. The van der Waals surface area contributed by atoms with Gasteiger partial charge >= 0.3 is 0 Å². The molecule has 1 heterocycles. The van der Waals surface area contributed by atoms with Gasteiger partial charge in [0.05, 0.1) is 10.6 Å². The normalized spacial score (nSPS) is 14.2. The maximum absolute atomic E-state index is 11.4. The Morgan fingerprint density at radius 1 is 1.30 bits per heavy atom. The number of pyridine rings is 1. The van der Waals surface area contributed by atoms with Gasteiger partial charge in [-0.3, -0.25) is 10.2 Å². The molecule has 0 saturated carbocycles. The van der Waals surface area contributed by atoms with Gasteiger partial charge in [-0.05, 0) is 30.0 Å². The van der Waals surface area contributed by atoms with Crippen molar-refractivity contribution < 1.29 is 4.79 Å². The van der Waals surface area contributed by atoms with Gasteiger partial charge in [0.1, 0.15) is 5.49 Å². The third-order valence-corrected chi connectivity index (χ3v) is 3.95. The van der Waals surface area contributed by atoms with Crippen molar-refractivity contribution in [2.24, 2.45) is 5.73 Å². The van der Waals surface area contributed by atoms with Crippen LogP contribution in [0.2, 0.25) is 5.02 Å². The topological polar surface area (TPSA) is 71.9 Å². The number of benzene rings is 1. The minimum absolute atomic E-state index is 0.108. The molecule has 102 valence electrons. The molecule has 3 N–H and O–H groups in total. The number of fused-ring (bicyclic) bond motifs is 1. The lowest BCUT2D eigenvalue weighted by Gasteiger charge is -2.16.